The van der Waals surface area contributed by atoms with Gasteiger partial charge in [-0.25, -0.2) is 9.97 Å². The lowest BCUT2D eigenvalue weighted by Gasteiger charge is -2.12. The summed E-state index contributed by atoms with van der Waals surface area (Å²) >= 11 is 3.45. The molecular weight excluding hydrogens is 320 g/mol. The first-order valence-electron chi connectivity index (χ1n) is 6.32. The summed E-state index contributed by atoms with van der Waals surface area (Å²) in [5.74, 6) is 3.06. The average Bonchev–Trinajstić information content (AvgIpc) is 2.47. The summed E-state index contributed by atoms with van der Waals surface area (Å²) in [7, 11) is 3.48. The first kappa shape index (κ1) is 14.6. The number of aromatic nitrogens is 2. The molecule has 0 spiro atoms. The first-order chi connectivity index (χ1) is 9.66. The lowest BCUT2D eigenvalue weighted by molar-refractivity contribution is 0.416. The van der Waals surface area contributed by atoms with Crippen LogP contribution in [0.25, 0.3) is 0 Å². The van der Waals surface area contributed by atoms with Crippen LogP contribution < -0.4 is 15.4 Å². The number of halogens is 1. The van der Waals surface area contributed by atoms with Gasteiger partial charge in [0.1, 0.15) is 23.2 Å². The summed E-state index contributed by atoms with van der Waals surface area (Å²) in [6.45, 7) is 2.03. The van der Waals surface area contributed by atoms with Crippen molar-refractivity contribution in [2.24, 2.45) is 0 Å². The van der Waals surface area contributed by atoms with Crippen LogP contribution in [0.4, 0.5) is 17.3 Å². The Labute approximate surface area is 126 Å². The fourth-order valence-corrected chi connectivity index (χ4v) is 2.12. The third-order valence-electron chi connectivity index (χ3n) is 2.77. The molecule has 1 aromatic carbocycles. The quantitative estimate of drug-likeness (QED) is 0.873. The number of hydrogen-bond donors (Lipinski definition) is 2. The van der Waals surface area contributed by atoms with E-state index in [9.17, 15) is 0 Å². The molecule has 0 radical (unpaired) electrons. The Kier molecular flexibility index (Phi) is 4.79. The molecule has 2 aromatic rings. The highest BCUT2D eigenvalue weighted by Gasteiger charge is 2.07. The summed E-state index contributed by atoms with van der Waals surface area (Å²) in [4.78, 5) is 8.84. The minimum atomic E-state index is 0.734. The predicted molar refractivity (Wildman–Crippen MR) is 84.9 cm³/mol. The molecule has 106 valence electrons. The average molecular weight is 337 g/mol. The van der Waals surface area contributed by atoms with E-state index in [1.54, 1.807) is 7.11 Å². The molecule has 6 heteroatoms. The molecule has 0 aliphatic carbocycles. The molecule has 0 saturated carbocycles. The monoisotopic (exact) mass is 336 g/mol. The summed E-state index contributed by atoms with van der Waals surface area (Å²) in [6, 6.07) is 7.64. The van der Waals surface area contributed by atoms with E-state index in [4.69, 9.17) is 4.74 Å². The number of anilines is 3. The third kappa shape index (κ3) is 3.39. The molecule has 0 unspecified atom stereocenters. The fourth-order valence-electron chi connectivity index (χ4n) is 1.76. The summed E-state index contributed by atoms with van der Waals surface area (Å²) in [6.07, 6.45) is 0.778. The zero-order valence-corrected chi connectivity index (χ0v) is 13.3. The number of methoxy groups -OCH3 is 1. The van der Waals surface area contributed by atoms with E-state index < -0.39 is 0 Å². The Morgan fingerprint density at radius 2 is 1.95 bits per heavy atom. The Morgan fingerprint density at radius 3 is 2.60 bits per heavy atom. The molecule has 0 amide bonds. The van der Waals surface area contributed by atoms with E-state index in [0.717, 1.165) is 39.8 Å². The van der Waals surface area contributed by atoms with Gasteiger partial charge in [-0.15, -0.1) is 0 Å². The van der Waals surface area contributed by atoms with Crippen LogP contribution in [0.2, 0.25) is 0 Å². The highest BCUT2D eigenvalue weighted by Crippen LogP contribution is 2.30. The molecule has 5 nitrogen and oxygen atoms in total. The van der Waals surface area contributed by atoms with Gasteiger partial charge in [-0.05, 0) is 18.2 Å². The molecule has 0 saturated heterocycles. The van der Waals surface area contributed by atoms with Crippen molar-refractivity contribution in [1.29, 1.82) is 0 Å². The third-order valence-corrected chi connectivity index (χ3v) is 3.26. The Bertz CT molecular complexity index is 581. The van der Waals surface area contributed by atoms with Gasteiger partial charge in [0.05, 0.1) is 12.8 Å². The van der Waals surface area contributed by atoms with Crippen molar-refractivity contribution in [1.82, 2.24) is 9.97 Å². The van der Waals surface area contributed by atoms with E-state index in [-0.39, 0.29) is 0 Å². The van der Waals surface area contributed by atoms with Crippen molar-refractivity contribution in [3.8, 4) is 5.75 Å². The Morgan fingerprint density at radius 1 is 1.20 bits per heavy atom. The van der Waals surface area contributed by atoms with Crippen LogP contribution in [0, 0.1) is 0 Å². The minimum absolute atomic E-state index is 0.734. The highest BCUT2D eigenvalue weighted by atomic mass is 79.9. The van der Waals surface area contributed by atoms with Crippen LogP contribution in [-0.4, -0.2) is 24.1 Å². The van der Waals surface area contributed by atoms with E-state index in [1.165, 1.54) is 0 Å². The van der Waals surface area contributed by atoms with Gasteiger partial charge in [-0.3, -0.25) is 0 Å². The van der Waals surface area contributed by atoms with Crippen LogP contribution in [0.3, 0.4) is 0 Å². The molecule has 20 heavy (non-hydrogen) atoms. The normalized spacial score (nSPS) is 10.2. The number of ether oxygens (including phenoxy) is 1. The standard InChI is InChI=1S/C14H17BrN4O/c1-4-12-18-13(16-2)8-14(19-12)17-10-7-9(15)5-6-11(10)20-3/h5-8H,4H2,1-3H3,(H2,16,17,18,19). The molecule has 2 rings (SSSR count). The fraction of sp³-hybridized carbons (Fsp3) is 0.286. The maximum Gasteiger partial charge on any atom is 0.142 e. The molecule has 2 N–H and O–H groups in total. The van der Waals surface area contributed by atoms with Crippen molar-refractivity contribution >= 4 is 33.3 Å². The second-order valence-corrected chi connectivity index (χ2v) is 5.04. The maximum absolute atomic E-state index is 5.34. The molecular formula is C14H17BrN4O. The Balaban J connectivity index is 2.36. The van der Waals surface area contributed by atoms with Crippen molar-refractivity contribution in [3.05, 3.63) is 34.6 Å². The lowest BCUT2D eigenvalue weighted by Crippen LogP contribution is -2.03. The molecule has 0 aliphatic heterocycles. The molecule has 1 heterocycles. The number of benzene rings is 1. The molecule has 1 aromatic heterocycles. The maximum atomic E-state index is 5.34. The Hall–Kier alpha value is -1.82. The summed E-state index contributed by atoms with van der Waals surface area (Å²) < 4.78 is 6.31. The number of rotatable bonds is 5. The van der Waals surface area contributed by atoms with Crippen molar-refractivity contribution in [3.63, 3.8) is 0 Å². The second-order valence-electron chi connectivity index (χ2n) is 4.13. The van der Waals surface area contributed by atoms with Crippen LogP contribution in [0.5, 0.6) is 5.75 Å². The highest BCUT2D eigenvalue weighted by molar-refractivity contribution is 9.10. The van der Waals surface area contributed by atoms with Gasteiger partial charge in [0.2, 0.25) is 0 Å². The van der Waals surface area contributed by atoms with Crippen LogP contribution in [0.1, 0.15) is 12.7 Å². The number of nitrogens with zero attached hydrogens (tertiary/aromatic N) is 2. The van der Waals surface area contributed by atoms with Crippen LogP contribution in [-0.2, 0) is 6.42 Å². The van der Waals surface area contributed by atoms with Gasteiger partial charge >= 0.3 is 0 Å². The van der Waals surface area contributed by atoms with Gasteiger partial charge in [0, 0.05) is 24.0 Å². The second kappa shape index (κ2) is 6.56. The van der Waals surface area contributed by atoms with E-state index in [2.05, 4.69) is 36.5 Å². The van der Waals surface area contributed by atoms with Crippen LogP contribution in [0.15, 0.2) is 28.7 Å². The smallest absolute Gasteiger partial charge is 0.142 e. The summed E-state index contributed by atoms with van der Waals surface area (Å²) in [5, 5.41) is 6.30. The number of hydrogen-bond acceptors (Lipinski definition) is 5. The molecule has 0 bridgehead atoms. The SMILES string of the molecule is CCc1nc(NC)cc(Nc2cc(Br)ccc2OC)n1. The zero-order chi connectivity index (χ0) is 14.5. The largest absolute Gasteiger partial charge is 0.495 e. The molecule has 0 aliphatic rings. The molecule has 0 fully saturated rings. The van der Waals surface area contributed by atoms with E-state index >= 15 is 0 Å². The van der Waals surface area contributed by atoms with Crippen molar-refractivity contribution in [2.45, 2.75) is 13.3 Å². The van der Waals surface area contributed by atoms with Gasteiger partial charge in [0.25, 0.3) is 0 Å². The van der Waals surface area contributed by atoms with Crippen molar-refractivity contribution < 1.29 is 4.74 Å². The lowest BCUT2D eigenvalue weighted by atomic mass is 10.3. The van der Waals surface area contributed by atoms with Crippen molar-refractivity contribution in [2.75, 3.05) is 24.8 Å². The number of aryl methyl sites for hydroxylation is 1. The first-order valence-corrected chi connectivity index (χ1v) is 7.11. The van der Waals surface area contributed by atoms with Gasteiger partial charge in [0.15, 0.2) is 0 Å². The van der Waals surface area contributed by atoms with E-state index in [1.807, 2.05) is 38.2 Å². The minimum Gasteiger partial charge on any atom is -0.495 e. The topological polar surface area (TPSA) is 59.1 Å². The van der Waals surface area contributed by atoms with Gasteiger partial charge < -0.3 is 15.4 Å². The number of nitrogens with one attached hydrogen (secondary N) is 2. The van der Waals surface area contributed by atoms with Gasteiger partial charge in [-0.1, -0.05) is 22.9 Å². The zero-order valence-electron chi connectivity index (χ0n) is 11.7. The summed E-state index contributed by atoms with van der Waals surface area (Å²) in [5.41, 5.74) is 0.852. The molecule has 0 atom stereocenters. The van der Waals surface area contributed by atoms with E-state index in [0.29, 0.717) is 0 Å². The van der Waals surface area contributed by atoms with Gasteiger partial charge in [-0.2, -0.15) is 0 Å². The predicted octanol–water partition coefficient (Wildman–Crippen LogP) is 3.60. The van der Waals surface area contributed by atoms with Crippen LogP contribution >= 0.6 is 15.9 Å².